The Morgan fingerprint density at radius 2 is 2.14 bits per heavy atom. The summed E-state index contributed by atoms with van der Waals surface area (Å²) in [5, 5.41) is 2.97. The number of hydrogen-bond acceptors (Lipinski definition) is 4. The SMILES string of the molecule is CCN(CC)c1ccc(NC(=O)C2CCCCC2(C)N)cn1. The maximum Gasteiger partial charge on any atom is 0.229 e. The van der Waals surface area contributed by atoms with E-state index in [0.717, 1.165) is 50.3 Å². The molecule has 3 N–H and O–H groups in total. The highest BCUT2D eigenvalue weighted by Gasteiger charge is 2.37. The number of rotatable bonds is 5. The summed E-state index contributed by atoms with van der Waals surface area (Å²) in [5.74, 6) is 0.829. The third-order valence-corrected chi connectivity index (χ3v) is 4.67. The van der Waals surface area contributed by atoms with Crippen LogP contribution in [0, 0.1) is 5.92 Å². The Morgan fingerprint density at radius 3 is 2.68 bits per heavy atom. The zero-order valence-corrected chi connectivity index (χ0v) is 13.9. The summed E-state index contributed by atoms with van der Waals surface area (Å²) in [6.07, 6.45) is 5.68. The fraction of sp³-hybridized carbons (Fsp3) is 0.647. The maximum atomic E-state index is 12.5. The number of hydrogen-bond donors (Lipinski definition) is 2. The summed E-state index contributed by atoms with van der Waals surface area (Å²) in [7, 11) is 0. The quantitative estimate of drug-likeness (QED) is 0.877. The largest absolute Gasteiger partial charge is 0.357 e. The van der Waals surface area contributed by atoms with Gasteiger partial charge in [0.1, 0.15) is 5.82 Å². The summed E-state index contributed by atoms with van der Waals surface area (Å²) in [5.41, 5.74) is 6.63. The summed E-state index contributed by atoms with van der Waals surface area (Å²) in [6.45, 7) is 8.03. The van der Waals surface area contributed by atoms with E-state index in [2.05, 4.69) is 29.0 Å². The Bertz CT molecular complexity index is 494. The summed E-state index contributed by atoms with van der Waals surface area (Å²) in [6, 6.07) is 3.86. The molecule has 5 nitrogen and oxygen atoms in total. The van der Waals surface area contributed by atoms with Crippen molar-refractivity contribution in [3.05, 3.63) is 18.3 Å². The van der Waals surface area contributed by atoms with Crippen LogP contribution in [-0.4, -0.2) is 29.5 Å². The fourth-order valence-electron chi connectivity index (χ4n) is 3.21. The van der Waals surface area contributed by atoms with Gasteiger partial charge in [0, 0.05) is 18.6 Å². The number of carbonyl (C=O) groups excluding carboxylic acids is 1. The number of pyridine rings is 1. The van der Waals surface area contributed by atoms with E-state index < -0.39 is 5.54 Å². The molecule has 1 amide bonds. The third-order valence-electron chi connectivity index (χ3n) is 4.67. The van der Waals surface area contributed by atoms with Gasteiger partial charge in [0.2, 0.25) is 5.91 Å². The Hall–Kier alpha value is -1.62. The second kappa shape index (κ2) is 7.09. The number of amides is 1. The first kappa shape index (κ1) is 16.7. The molecular formula is C17H28N4O. The number of nitrogens with two attached hydrogens (primary N) is 1. The van der Waals surface area contributed by atoms with E-state index in [1.807, 2.05) is 19.1 Å². The number of carbonyl (C=O) groups is 1. The number of anilines is 2. The number of nitrogens with zero attached hydrogens (tertiary/aromatic N) is 2. The maximum absolute atomic E-state index is 12.5. The minimum atomic E-state index is -0.406. The monoisotopic (exact) mass is 304 g/mol. The van der Waals surface area contributed by atoms with Gasteiger partial charge in [-0.25, -0.2) is 4.98 Å². The molecule has 22 heavy (non-hydrogen) atoms. The highest BCUT2D eigenvalue weighted by molar-refractivity contribution is 5.93. The minimum absolute atomic E-state index is 0.0158. The molecule has 0 spiro atoms. The summed E-state index contributed by atoms with van der Waals surface area (Å²) in [4.78, 5) is 19.1. The molecule has 1 saturated carbocycles. The highest BCUT2D eigenvalue weighted by atomic mass is 16.2. The molecule has 2 rings (SSSR count). The van der Waals surface area contributed by atoms with Crippen LogP contribution in [0.3, 0.4) is 0 Å². The van der Waals surface area contributed by atoms with E-state index in [-0.39, 0.29) is 11.8 Å². The molecule has 0 bridgehead atoms. The van der Waals surface area contributed by atoms with Crippen LogP contribution in [0.1, 0.15) is 46.5 Å². The summed E-state index contributed by atoms with van der Waals surface area (Å²) < 4.78 is 0. The normalized spacial score (nSPS) is 24.8. The molecule has 122 valence electrons. The molecule has 0 radical (unpaired) electrons. The lowest BCUT2D eigenvalue weighted by Gasteiger charge is -2.37. The lowest BCUT2D eigenvalue weighted by Crippen LogP contribution is -2.51. The standard InChI is InChI=1S/C17H28N4O/c1-4-21(5-2)15-10-9-13(12-19-15)20-16(22)14-8-6-7-11-17(14,3)18/h9-10,12,14H,4-8,11,18H2,1-3H3,(H,20,22). The van der Waals surface area contributed by atoms with Gasteiger partial charge in [0.25, 0.3) is 0 Å². The third kappa shape index (κ3) is 3.77. The zero-order valence-electron chi connectivity index (χ0n) is 13.9. The molecule has 1 aromatic rings. The molecule has 1 fully saturated rings. The van der Waals surface area contributed by atoms with Crippen LogP contribution in [-0.2, 0) is 4.79 Å². The van der Waals surface area contributed by atoms with Gasteiger partial charge in [0.05, 0.1) is 17.8 Å². The van der Waals surface area contributed by atoms with Crippen molar-refractivity contribution in [3.63, 3.8) is 0 Å². The Kier molecular flexibility index (Phi) is 5.40. The second-order valence-corrected chi connectivity index (χ2v) is 6.37. The van der Waals surface area contributed by atoms with Crippen LogP contribution in [0.4, 0.5) is 11.5 Å². The Morgan fingerprint density at radius 1 is 1.41 bits per heavy atom. The summed E-state index contributed by atoms with van der Waals surface area (Å²) >= 11 is 0. The molecule has 0 aromatic carbocycles. The predicted octanol–water partition coefficient (Wildman–Crippen LogP) is 2.77. The Balaban J connectivity index is 2.02. The molecule has 1 aliphatic carbocycles. The molecule has 1 aromatic heterocycles. The topological polar surface area (TPSA) is 71.2 Å². The van der Waals surface area contributed by atoms with E-state index >= 15 is 0 Å². The van der Waals surface area contributed by atoms with Crippen LogP contribution in [0.15, 0.2) is 18.3 Å². The highest BCUT2D eigenvalue weighted by Crippen LogP contribution is 2.32. The van der Waals surface area contributed by atoms with Crippen molar-refractivity contribution >= 4 is 17.4 Å². The van der Waals surface area contributed by atoms with E-state index in [1.54, 1.807) is 6.20 Å². The van der Waals surface area contributed by atoms with Gasteiger partial charge in [-0.1, -0.05) is 12.8 Å². The molecule has 2 unspecified atom stereocenters. The first-order chi connectivity index (χ1) is 10.5. The van der Waals surface area contributed by atoms with Crippen LogP contribution in [0.25, 0.3) is 0 Å². The van der Waals surface area contributed by atoms with E-state index in [0.29, 0.717) is 0 Å². The minimum Gasteiger partial charge on any atom is -0.357 e. The molecule has 1 heterocycles. The lowest BCUT2D eigenvalue weighted by atomic mass is 9.74. The first-order valence-corrected chi connectivity index (χ1v) is 8.28. The van der Waals surface area contributed by atoms with Crippen molar-refractivity contribution in [2.24, 2.45) is 11.7 Å². The smallest absolute Gasteiger partial charge is 0.229 e. The molecular weight excluding hydrogens is 276 g/mol. The van der Waals surface area contributed by atoms with E-state index in [1.165, 1.54) is 0 Å². The molecule has 0 aliphatic heterocycles. The molecule has 2 atom stereocenters. The molecule has 5 heteroatoms. The lowest BCUT2D eigenvalue weighted by molar-refractivity contribution is -0.122. The molecule has 1 aliphatic rings. The number of aromatic nitrogens is 1. The van der Waals surface area contributed by atoms with Gasteiger partial charge >= 0.3 is 0 Å². The van der Waals surface area contributed by atoms with Gasteiger partial charge in [-0.15, -0.1) is 0 Å². The van der Waals surface area contributed by atoms with Gasteiger partial charge in [-0.3, -0.25) is 4.79 Å². The van der Waals surface area contributed by atoms with Gasteiger partial charge < -0.3 is 16.0 Å². The van der Waals surface area contributed by atoms with Crippen molar-refractivity contribution in [2.45, 2.75) is 52.0 Å². The first-order valence-electron chi connectivity index (χ1n) is 8.28. The van der Waals surface area contributed by atoms with Crippen LogP contribution in [0.5, 0.6) is 0 Å². The van der Waals surface area contributed by atoms with E-state index in [4.69, 9.17) is 5.73 Å². The average Bonchev–Trinajstić information content (AvgIpc) is 2.49. The zero-order chi connectivity index (χ0) is 16.2. The Labute approximate surface area is 133 Å². The van der Waals surface area contributed by atoms with Crippen LogP contribution in [0.2, 0.25) is 0 Å². The van der Waals surface area contributed by atoms with Gasteiger partial charge in [-0.05, 0) is 45.7 Å². The van der Waals surface area contributed by atoms with E-state index in [9.17, 15) is 4.79 Å². The van der Waals surface area contributed by atoms with Crippen molar-refractivity contribution in [3.8, 4) is 0 Å². The van der Waals surface area contributed by atoms with Crippen molar-refractivity contribution in [1.82, 2.24) is 4.98 Å². The van der Waals surface area contributed by atoms with Crippen molar-refractivity contribution in [1.29, 1.82) is 0 Å². The van der Waals surface area contributed by atoms with Crippen LogP contribution < -0.4 is 16.0 Å². The van der Waals surface area contributed by atoms with Crippen molar-refractivity contribution in [2.75, 3.05) is 23.3 Å². The molecule has 0 saturated heterocycles. The van der Waals surface area contributed by atoms with Crippen LogP contribution >= 0.6 is 0 Å². The number of nitrogens with one attached hydrogen (secondary N) is 1. The van der Waals surface area contributed by atoms with Gasteiger partial charge in [0.15, 0.2) is 0 Å². The average molecular weight is 304 g/mol. The van der Waals surface area contributed by atoms with Crippen molar-refractivity contribution < 1.29 is 4.79 Å². The van der Waals surface area contributed by atoms with Gasteiger partial charge in [-0.2, -0.15) is 0 Å². The fourth-order valence-corrected chi connectivity index (χ4v) is 3.21. The predicted molar refractivity (Wildman–Crippen MR) is 91.0 cm³/mol. The second-order valence-electron chi connectivity index (χ2n) is 6.37.